The molecular formula is C16H20F3NO. The number of amides is 1. The lowest BCUT2D eigenvalue weighted by Gasteiger charge is -2.33. The van der Waals surface area contributed by atoms with E-state index in [0.717, 1.165) is 37.8 Å². The summed E-state index contributed by atoms with van der Waals surface area (Å²) < 4.78 is 38.2. The minimum Gasteiger partial charge on any atom is -0.336 e. The summed E-state index contributed by atoms with van der Waals surface area (Å²) in [6.07, 6.45) is 0.801. The van der Waals surface area contributed by atoms with Crippen molar-refractivity contribution in [1.29, 1.82) is 0 Å². The van der Waals surface area contributed by atoms with Crippen molar-refractivity contribution in [2.24, 2.45) is 0 Å². The molecule has 0 unspecified atom stereocenters. The second-order valence-corrected chi connectivity index (χ2v) is 5.46. The Hall–Kier alpha value is -1.52. The average Bonchev–Trinajstić information content (AvgIpc) is 2.48. The highest BCUT2D eigenvalue weighted by atomic mass is 19.4. The van der Waals surface area contributed by atoms with E-state index in [9.17, 15) is 18.0 Å². The molecule has 0 bridgehead atoms. The number of nitrogens with zero attached hydrogens (tertiary/aromatic N) is 1. The molecule has 1 saturated carbocycles. The highest BCUT2D eigenvalue weighted by Crippen LogP contribution is 2.30. The van der Waals surface area contributed by atoms with Gasteiger partial charge in [-0.05, 0) is 38.0 Å². The summed E-state index contributed by atoms with van der Waals surface area (Å²) in [4.78, 5) is 14.2. The van der Waals surface area contributed by atoms with Crippen LogP contribution in [0.1, 0.15) is 54.9 Å². The summed E-state index contributed by atoms with van der Waals surface area (Å²) in [5, 5.41) is 0. The molecule has 0 heterocycles. The maximum Gasteiger partial charge on any atom is 0.416 e. The van der Waals surface area contributed by atoms with E-state index in [0.29, 0.717) is 6.54 Å². The van der Waals surface area contributed by atoms with Crippen LogP contribution in [0.25, 0.3) is 0 Å². The fourth-order valence-electron chi connectivity index (χ4n) is 2.95. The molecule has 1 aliphatic carbocycles. The van der Waals surface area contributed by atoms with Gasteiger partial charge in [0, 0.05) is 18.2 Å². The molecule has 0 aromatic heterocycles. The number of carbonyl (C=O) groups excluding carboxylic acids is 1. The minimum absolute atomic E-state index is 0.122. The SMILES string of the molecule is CCN(C(=O)c1cccc(C(F)(F)F)c1)C1CCCCC1. The normalized spacial score (nSPS) is 16.8. The van der Waals surface area contributed by atoms with Crippen LogP contribution in [0.3, 0.4) is 0 Å². The van der Waals surface area contributed by atoms with Crippen molar-refractivity contribution in [2.75, 3.05) is 6.54 Å². The van der Waals surface area contributed by atoms with Crippen LogP contribution in [0.4, 0.5) is 13.2 Å². The molecule has 1 aromatic carbocycles. The summed E-state index contributed by atoms with van der Waals surface area (Å²) in [5.41, 5.74) is -0.648. The lowest BCUT2D eigenvalue weighted by molar-refractivity contribution is -0.137. The Morgan fingerprint density at radius 1 is 1.24 bits per heavy atom. The van der Waals surface area contributed by atoms with E-state index in [4.69, 9.17) is 0 Å². The molecule has 0 spiro atoms. The third-order valence-corrected chi connectivity index (χ3v) is 4.05. The third-order valence-electron chi connectivity index (χ3n) is 4.05. The van der Waals surface area contributed by atoms with Crippen molar-refractivity contribution in [3.05, 3.63) is 35.4 Å². The standard InChI is InChI=1S/C16H20F3NO/c1-2-20(14-9-4-3-5-10-14)15(21)12-7-6-8-13(11-12)16(17,18)19/h6-8,11,14H,2-5,9-10H2,1H3. The molecule has 2 nitrogen and oxygen atoms in total. The summed E-state index contributed by atoms with van der Waals surface area (Å²) in [6.45, 7) is 2.40. The Morgan fingerprint density at radius 3 is 2.48 bits per heavy atom. The van der Waals surface area contributed by atoms with Crippen LogP contribution in [-0.2, 0) is 6.18 Å². The molecule has 5 heteroatoms. The van der Waals surface area contributed by atoms with Crippen molar-refractivity contribution in [3.8, 4) is 0 Å². The number of hydrogen-bond acceptors (Lipinski definition) is 1. The van der Waals surface area contributed by atoms with Gasteiger partial charge in [-0.2, -0.15) is 13.2 Å². The van der Waals surface area contributed by atoms with Gasteiger partial charge in [-0.1, -0.05) is 25.3 Å². The maximum absolute atomic E-state index is 12.7. The molecular weight excluding hydrogens is 279 g/mol. The molecule has 0 atom stereocenters. The second-order valence-electron chi connectivity index (χ2n) is 5.46. The Balaban J connectivity index is 2.21. The van der Waals surface area contributed by atoms with Crippen LogP contribution in [0, 0.1) is 0 Å². The molecule has 1 aromatic rings. The first-order chi connectivity index (χ1) is 9.93. The Kier molecular flexibility index (Phi) is 4.91. The Morgan fingerprint density at radius 2 is 1.90 bits per heavy atom. The minimum atomic E-state index is -4.42. The highest BCUT2D eigenvalue weighted by Gasteiger charge is 2.32. The number of halogens is 3. The van der Waals surface area contributed by atoms with E-state index in [1.54, 1.807) is 4.90 Å². The summed E-state index contributed by atoms with van der Waals surface area (Å²) in [7, 11) is 0. The van der Waals surface area contributed by atoms with Crippen molar-refractivity contribution in [1.82, 2.24) is 4.90 Å². The fraction of sp³-hybridized carbons (Fsp3) is 0.562. The largest absolute Gasteiger partial charge is 0.416 e. The average molecular weight is 299 g/mol. The molecule has 0 N–H and O–H groups in total. The van der Waals surface area contributed by atoms with E-state index < -0.39 is 11.7 Å². The van der Waals surface area contributed by atoms with Crippen LogP contribution in [-0.4, -0.2) is 23.4 Å². The zero-order chi connectivity index (χ0) is 15.5. The number of rotatable bonds is 3. The van der Waals surface area contributed by atoms with Crippen LogP contribution < -0.4 is 0 Å². The van der Waals surface area contributed by atoms with Gasteiger partial charge in [0.1, 0.15) is 0 Å². The van der Waals surface area contributed by atoms with Gasteiger partial charge in [0.25, 0.3) is 5.91 Å². The number of alkyl halides is 3. The molecule has 1 aliphatic rings. The van der Waals surface area contributed by atoms with Crippen molar-refractivity contribution < 1.29 is 18.0 Å². The van der Waals surface area contributed by atoms with E-state index in [1.807, 2.05) is 6.92 Å². The predicted octanol–water partition coefficient (Wildman–Crippen LogP) is 4.50. The number of carbonyl (C=O) groups is 1. The van der Waals surface area contributed by atoms with E-state index in [-0.39, 0.29) is 17.5 Å². The highest BCUT2D eigenvalue weighted by molar-refractivity contribution is 5.94. The summed E-state index contributed by atoms with van der Waals surface area (Å²) in [6, 6.07) is 4.86. The zero-order valence-electron chi connectivity index (χ0n) is 12.1. The Labute approximate surface area is 122 Å². The van der Waals surface area contributed by atoms with Gasteiger partial charge in [-0.15, -0.1) is 0 Å². The van der Waals surface area contributed by atoms with Crippen molar-refractivity contribution >= 4 is 5.91 Å². The van der Waals surface area contributed by atoms with Gasteiger partial charge < -0.3 is 4.90 Å². The molecule has 1 amide bonds. The molecule has 2 rings (SSSR count). The molecule has 0 aliphatic heterocycles. The molecule has 0 saturated heterocycles. The first kappa shape index (κ1) is 15.9. The van der Waals surface area contributed by atoms with Gasteiger partial charge in [0.05, 0.1) is 5.56 Å². The fourth-order valence-corrected chi connectivity index (χ4v) is 2.95. The van der Waals surface area contributed by atoms with Crippen LogP contribution >= 0.6 is 0 Å². The quantitative estimate of drug-likeness (QED) is 0.804. The maximum atomic E-state index is 12.7. The second kappa shape index (κ2) is 6.50. The van der Waals surface area contributed by atoms with Crippen molar-refractivity contribution in [2.45, 2.75) is 51.2 Å². The lowest BCUT2D eigenvalue weighted by atomic mass is 9.93. The van der Waals surface area contributed by atoms with Gasteiger partial charge in [0.2, 0.25) is 0 Å². The monoisotopic (exact) mass is 299 g/mol. The lowest BCUT2D eigenvalue weighted by Crippen LogP contribution is -2.41. The van der Waals surface area contributed by atoms with Crippen LogP contribution in [0.5, 0.6) is 0 Å². The van der Waals surface area contributed by atoms with Gasteiger partial charge in [0.15, 0.2) is 0 Å². The molecule has 116 valence electrons. The third kappa shape index (κ3) is 3.77. The number of hydrogen-bond donors (Lipinski definition) is 0. The summed E-state index contributed by atoms with van der Waals surface area (Å²) >= 11 is 0. The zero-order valence-corrected chi connectivity index (χ0v) is 12.1. The first-order valence-electron chi connectivity index (χ1n) is 7.41. The first-order valence-corrected chi connectivity index (χ1v) is 7.41. The molecule has 21 heavy (non-hydrogen) atoms. The van der Waals surface area contributed by atoms with Gasteiger partial charge in [-0.3, -0.25) is 4.79 Å². The molecule has 1 fully saturated rings. The van der Waals surface area contributed by atoms with Crippen LogP contribution in [0.2, 0.25) is 0 Å². The van der Waals surface area contributed by atoms with Crippen molar-refractivity contribution in [3.63, 3.8) is 0 Å². The van der Waals surface area contributed by atoms with Gasteiger partial charge >= 0.3 is 6.18 Å². The van der Waals surface area contributed by atoms with E-state index >= 15 is 0 Å². The van der Waals surface area contributed by atoms with Crippen LogP contribution in [0.15, 0.2) is 24.3 Å². The molecule has 0 radical (unpaired) electrons. The van der Waals surface area contributed by atoms with Gasteiger partial charge in [-0.25, -0.2) is 0 Å². The van der Waals surface area contributed by atoms with E-state index in [2.05, 4.69) is 0 Å². The number of benzene rings is 1. The van der Waals surface area contributed by atoms with E-state index in [1.165, 1.54) is 18.6 Å². The predicted molar refractivity (Wildman–Crippen MR) is 75.0 cm³/mol. The summed E-state index contributed by atoms with van der Waals surface area (Å²) in [5.74, 6) is -0.296. The topological polar surface area (TPSA) is 20.3 Å². The smallest absolute Gasteiger partial charge is 0.336 e. The Bertz CT molecular complexity index is 493.